The molecule has 138 valence electrons. The lowest BCUT2D eigenvalue weighted by Gasteiger charge is -2.17. The Kier molecular flexibility index (Phi) is 5.50. The van der Waals surface area contributed by atoms with E-state index in [1.54, 1.807) is 36.4 Å². The molecule has 27 heavy (non-hydrogen) atoms. The molecule has 0 aliphatic heterocycles. The first-order valence-corrected chi connectivity index (χ1v) is 8.24. The Labute approximate surface area is 155 Å². The number of halogens is 3. The van der Waals surface area contributed by atoms with Gasteiger partial charge in [0.1, 0.15) is 18.1 Å². The van der Waals surface area contributed by atoms with Crippen molar-refractivity contribution in [1.29, 1.82) is 0 Å². The Morgan fingerprint density at radius 2 is 1.52 bits per heavy atom. The first kappa shape index (κ1) is 18.6. The fourth-order valence-corrected chi connectivity index (χ4v) is 2.65. The first-order chi connectivity index (χ1) is 13.0. The molecule has 0 atom stereocenters. The summed E-state index contributed by atoms with van der Waals surface area (Å²) >= 11 is 0. The van der Waals surface area contributed by atoms with Gasteiger partial charge < -0.3 is 9.47 Å². The highest BCUT2D eigenvalue weighted by Gasteiger charge is 2.32. The number of alkyl halides is 3. The van der Waals surface area contributed by atoms with Gasteiger partial charge >= 0.3 is 6.36 Å². The highest BCUT2D eigenvalue weighted by atomic mass is 19.4. The second-order valence-corrected chi connectivity index (χ2v) is 5.78. The Morgan fingerprint density at radius 3 is 2.22 bits per heavy atom. The van der Waals surface area contributed by atoms with Crippen molar-refractivity contribution in [3.8, 4) is 22.6 Å². The van der Waals surface area contributed by atoms with Crippen molar-refractivity contribution in [1.82, 2.24) is 0 Å². The van der Waals surface area contributed by atoms with Gasteiger partial charge in [0.15, 0.2) is 0 Å². The highest BCUT2D eigenvalue weighted by molar-refractivity contribution is 5.78. The summed E-state index contributed by atoms with van der Waals surface area (Å²) in [6, 6.07) is 20.9. The van der Waals surface area contributed by atoms with Crippen molar-refractivity contribution >= 4 is 6.08 Å². The van der Waals surface area contributed by atoms with Crippen LogP contribution in [0, 0.1) is 0 Å². The SMILES string of the molecule is C=Cc1ccc(OC(F)(F)F)c(-c2ccccc2OCc2ccccc2)c1. The summed E-state index contributed by atoms with van der Waals surface area (Å²) in [6.07, 6.45) is -3.22. The summed E-state index contributed by atoms with van der Waals surface area (Å²) in [7, 11) is 0. The number of benzene rings is 3. The number of rotatable bonds is 6. The zero-order chi connectivity index (χ0) is 19.3. The third-order valence-electron chi connectivity index (χ3n) is 3.88. The maximum Gasteiger partial charge on any atom is 0.573 e. The number of ether oxygens (including phenoxy) is 2. The molecule has 0 amide bonds. The molecule has 0 radical (unpaired) electrons. The van der Waals surface area contributed by atoms with Crippen molar-refractivity contribution in [2.75, 3.05) is 0 Å². The van der Waals surface area contributed by atoms with Gasteiger partial charge in [-0.3, -0.25) is 0 Å². The molecule has 0 fully saturated rings. The van der Waals surface area contributed by atoms with Crippen LogP contribution in [0.15, 0.2) is 79.4 Å². The predicted octanol–water partition coefficient (Wildman–Crippen LogP) is 6.47. The van der Waals surface area contributed by atoms with E-state index < -0.39 is 6.36 Å². The molecule has 0 saturated carbocycles. The largest absolute Gasteiger partial charge is 0.573 e. The molecule has 0 heterocycles. The van der Waals surface area contributed by atoms with E-state index in [2.05, 4.69) is 11.3 Å². The van der Waals surface area contributed by atoms with Crippen molar-refractivity contribution < 1.29 is 22.6 Å². The van der Waals surface area contributed by atoms with E-state index >= 15 is 0 Å². The maximum atomic E-state index is 12.8. The summed E-state index contributed by atoms with van der Waals surface area (Å²) in [5, 5.41) is 0. The van der Waals surface area contributed by atoms with Crippen LogP contribution >= 0.6 is 0 Å². The van der Waals surface area contributed by atoms with E-state index in [1.165, 1.54) is 12.1 Å². The van der Waals surface area contributed by atoms with Gasteiger partial charge in [-0.1, -0.05) is 67.3 Å². The second-order valence-electron chi connectivity index (χ2n) is 5.78. The monoisotopic (exact) mass is 370 g/mol. The van der Waals surface area contributed by atoms with Gasteiger partial charge in [0.05, 0.1) is 0 Å². The highest BCUT2D eigenvalue weighted by Crippen LogP contribution is 2.39. The van der Waals surface area contributed by atoms with E-state index in [4.69, 9.17) is 4.74 Å². The fourth-order valence-electron chi connectivity index (χ4n) is 2.65. The summed E-state index contributed by atoms with van der Waals surface area (Å²) < 4.78 is 48.5. The van der Waals surface area contributed by atoms with Crippen LogP contribution < -0.4 is 9.47 Å². The number of hydrogen-bond acceptors (Lipinski definition) is 2. The van der Waals surface area contributed by atoms with Crippen molar-refractivity contribution in [3.63, 3.8) is 0 Å². The van der Waals surface area contributed by atoms with E-state index in [0.29, 0.717) is 23.5 Å². The van der Waals surface area contributed by atoms with Crippen molar-refractivity contribution in [2.24, 2.45) is 0 Å². The van der Waals surface area contributed by atoms with E-state index in [0.717, 1.165) is 5.56 Å². The molecule has 3 aromatic rings. The van der Waals surface area contributed by atoms with Crippen LogP contribution in [-0.4, -0.2) is 6.36 Å². The number of hydrogen-bond donors (Lipinski definition) is 0. The number of para-hydroxylation sites is 1. The van der Waals surface area contributed by atoms with Crippen LogP contribution in [0.4, 0.5) is 13.2 Å². The van der Waals surface area contributed by atoms with Gasteiger partial charge in [-0.05, 0) is 29.3 Å². The topological polar surface area (TPSA) is 18.5 Å². The first-order valence-electron chi connectivity index (χ1n) is 8.24. The average Bonchev–Trinajstić information content (AvgIpc) is 2.67. The molecule has 0 N–H and O–H groups in total. The molecule has 0 aromatic heterocycles. The van der Waals surface area contributed by atoms with Gasteiger partial charge in [-0.2, -0.15) is 0 Å². The van der Waals surface area contributed by atoms with E-state index in [1.807, 2.05) is 30.3 Å². The molecule has 3 aromatic carbocycles. The molecule has 0 saturated heterocycles. The average molecular weight is 370 g/mol. The summed E-state index contributed by atoms with van der Waals surface area (Å²) in [5.41, 5.74) is 2.43. The lowest BCUT2D eigenvalue weighted by atomic mass is 10.0. The third kappa shape index (κ3) is 4.91. The minimum Gasteiger partial charge on any atom is -0.488 e. The van der Waals surface area contributed by atoms with Crippen molar-refractivity contribution in [2.45, 2.75) is 13.0 Å². The Balaban J connectivity index is 1.99. The fraction of sp³-hybridized carbons (Fsp3) is 0.0909. The van der Waals surface area contributed by atoms with Gasteiger partial charge in [0.2, 0.25) is 0 Å². The third-order valence-corrected chi connectivity index (χ3v) is 3.88. The minimum atomic E-state index is -4.79. The van der Waals surface area contributed by atoms with Gasteiger partial charge in [0, 0.05) is 11.1 Å². The molecule has 3 rings (SSSR count). The molecule has 0 spiro atoms. The molecule has 0 unspecified atom stereocenters. The van der Waals surface area contributed by atoms with Gasteiger partial charge in [-0.25, -0.2) is 0 Å². The normalized spacial score (nSPS) is 11.1. The quantitative estimate of drug-likeness (QED) is 0.495. The van der Waals surface area contributed by atoms with E-state index in [9.17, 15) is 13.2 Å². The lowest BCUT2D eigenvalue weighted by Crippen LogP contribution is -2.17. The maximum absolute atomic E-state index is 12.8. The molecule has 5 heteroatoms. The second kappa shape index (κ2) is 7.99. The zero-order valence-corrected chi connectivity index (χ0v) is 14.4. The minimum absolute atomic E-state index is 0.286. The summed E-state index contributed by atoms with van der Waals surface area (Å²) in [6.45, 7) is 3.97. The van der Waals surface area contributed by atoms with Crippen molar-refractivity contribution in [3.05, 3.63) is 90.5 Å². The van der Waals surface area contributed by atoms with Gasteiger partial charge in [0.25, 0.3) is 0 Å². The summed E-state index contributed by atoms with van der Waals surface area (Å²) in [4.78, 5) is 0. The van der Waals surface area contributed by atoms with Crippen LogP contribution in [0.1, 0.15) is 11.1 Å². The Hall–Kier alpha value is -3.21. The molecule has 2 nitrogen and oxygen atoms in total. The van der Waals surface area contributed by atoms with E-state index in [-0.39, 0.29) is 11.3 Å². The Bertz CT molecular complexity index is 918. The zero-order valence-electron chi connectivity index (χ0n) is 14.4. The molecule has 0 aliphatic rings. The standard InChI is InChI=1S/C22H17F3O2/c1-2-16-12-13-21(27-22(23,24)25)19(14-16)18-10-6-7-11-20(18)26-15-17-8-4-3-5-9-17/h2-14H,1,15H2. The smallest absolute Gasteiger partial charge is 0.488 e. The molecule has 0 bridgehead atoms. The van der Waals surface area contributed by atoms with Crippen LogP contribution in [0.2, 0.25) is 0 Å². The summed E-state index contributed by atoms with van der Waals surface area (Å²) in [5.74, 6) is 0.179. The van der Waals surface area contributed by atoms with Crippen LogP contribution in [-0.2, 0) is 6.61 Å². The molecular formula is C22H17F3O2. The predicted molar refractivity (Wildman–Crippen MR) is 99.4 cm³/mol. The van der Waals surface area contributed by atoms with Crippen LogP contribution in [0.3, 0.4) is 0 Å². The Morgan fingerprint density at radius 1 is 0.815 bits per heavy atom. The van der Waals surface area contributed by atoms with Crippen LogP contribution in [0.25, 0.3) is 17.2 Å². The van der Waals surface area contributed by atoms with Gasteiger partial charge in [-0.15, -0.1) is 13.2 Å². The molecule has 0 aliphatic carbocycles. The molecular weight excluding hydrogens is 353 g/mol. The van der Waals surface area contributed by atoms with Crippen LogP contribution in [0.5, 0.6) is 11.5 Å². The lowest BCUT2D eigenvalue weighted by molar-refractivity contribution is -0.274.